The van der Waals surface area contributed by atoms with Crippen LogP contribution in [-0.4, -0.2) is 11.4 Å². The molecule has 0 unspecified atom stereocenters. The highest BCUT2D eigenvalue weighted by atomic mass is 35.5. The Morgan fingerprint density at radius 1 is 1.03 bits per heavy atom. The number of pyridine rings is 1. The first-order chi connectivity index (χ1) is 14.6. The minimum atomic E-state index is 0.361. The molecule has 6 nitrogen and oxygen atoms in total. The van der Waals surface area contributed by atoms with Crippen molar-refractivity contribution in [2.45, 2.75) is 6.61 Å². The average Bonchev–Trinajstić information content (AvgIpc) is 2.76. The van der Waals surface area contributed by atoms with Crippen molar-refractivity contribution in [3.63, 3.8) is 0 Å². The van der Waals surface area contributed by atoms with Gasteiger partial charge >= 0.3 is 0 Å². The monoisotopic (exact) mass is 419 g/mol. The second kappa shape index (κ2) is 8.71. The van der Waals surface area contributed by atoms with E-state index in [1.165, 1.54) is 0 Å². The van der Waals surface area contributed by atoms with E-state index < -0.39 is 0 Å². The minimum Gasteiger partial charge on any atom is -0.487 e. The predicted molar refractivity (Wildman–Crippen MR) is 118 cm³/mol. The molecule has 7 heteroatoms. The smallest absolute Gasteiger partial charge is 0.211 e. The molecule has 1 aromatic heterocycles. The van der Waals surface area contributed by atoms with E-state index in [0.717, 1.165) is 5.56 Å². The first-order valence-electron chi connectivity index (χ1n) is 9.16. The van der Waals surface area contributed by atoms with E-state index in [1.54, 1.807) is 42.6 Å². The van der Waals surface area contributed by atoms with Crippen molar-refractivity contribution in [1.29, 1.82) is 0 Å². The Morgan fingerprint density at radius 3 is 2.63 bits per heavy atom. The van der Waals surface area contributed by atoms with Crippen LogP contribution in [0.1, 0.15) is 5.56 Å². The van der Waals surface area contributed by atoms with E-state index in [1.807, 2.05) is 30.3 Å². The number of benzene rings is 3. The van der Waals surface area contributed by atoms with Crippen molar-refractivity contribution >= 4 is 40.3 Å². The van der Waals surface area contributed by atoms with E-state index in [0.29, 0.717) is 57.6 Å². The Kier molecular flexibility index (Phi) is 5.68. The summed E-state index contributed by atoms with van der Waals surface area (Å²) < 4.78 is 11.9. The maximum Gasteiger partial charge on any atom is 0.211 e. The summed E-state index contributed by atoms with van der Waals surface area (Å²) in [6.45, 7) is 0.361. The summed E-state index contributed by atoms with van der Waals surface area (Å²) in [5.41, 5.74) is 8.42. The number of nitrogens with one attached hydrogen (secondary N) is 1. The zero-order valence-electron chi connectivity index (χ0n) is 15.8. The summed E-state index contributed by atoms with van der Waals surface area (Å²) in [6, 6.07) is 20.1. The summed E-state index contributed by atoms with van der Waals surface area (Å²) >= 11 is 6.09. The zero-order valence-corrected chi connectivity index (χ0v) is 16.6. The van der Waals surface area contributed by atoms with Crippen molar-refractivity contribution in [1.82, 2.24) is 4.98 Å². The van der Waals surface area contributed by atoms with E-state index in [-0.39, 0.29) is 0 Å². The molecular formula is C23H18ClN3O3. The molecule has 150 valence electrons. The molecule has 1 heterocycles. The van der Waals surface area contributed by atoms with Crippen molar-refractivity contribution in [3.8, 4) is 17.2 Å². The van der Waals surface area contributed by atoms with Gasteiger partial charge in [0.15, 0.2) is 0 Å². The van der Waals surface area contributed by atoms with Gasteiger partial charge in [-0.3, -0.25) is 9.78 Å². The number of nitrogen functional groups attached to an aromatic ring is 1. The Labute approximate surface area is 178 Å². The molecule has 3 aromatic carbocycles. The maximum absolute atomic E-state index is 11.1. The topological polar surface area (TPSA) is 86.5 Å². The Balaban J connectivity index is 1.68. The third-order valence-corrected chi connectivity index (χ3v) is 4.78. The number of fused-ring (bicyclic) bond motifs is 1. The lowest BCUT2D eigenvalue weighted by Gasteiger charge is -2.14. The van der Waals surface area contributed by atoms with Crippen LogP contribution in [0, 0.1) is 0 Å². The van der Waals surface area contributed by atoms with Crippen LogP contribution in [0.5, 0.6) is 17.2 Å². The first-order valence-corrected chi connectivity index (χ1v) is 9.54. The zero-order chi connectivity index (χ0) is 20.9. The van der Waals surface area contributed by atoms with Crippen molar-refractivity contribution < 1.29 is 14.3 Å². The normalized spacial score (nSPS) is 10.6. The Morgan fingerprint density at radius 2 is 1.87 bits per heavy atom. The molecular weight excluding hydrogens is 402 g/mol. The van der Waals surface area contributed by atoms with Crippen LogP contribution in [0.15, 0.2) is 72.9 Å². The minimum absolute atomic E-state index is 0.361. The van der Waals surface area contributed by atoms with Gasteiger partial charge in [0.2, 0.25) is 6.41 Å². The number of aromatic nitrogens is 1. The number of nitrogens with two attached hydrogens (primary N) is 1. The van der Waals surface area contributed by atoms with Gasteiger partial charge in [-0.2, -0.15) is 0 Å². The molecule has 0 radical (unpaired) electrons. The summed E-state index contributed by atoms with van der Waals surface area (Å²) in [7, 11) is 0. The van der Waals surface area contributed by atoms with Crippen molar-refractivity contribution in [2.75, 3.05) is 11.1 Å². The molecule has 0 bridgehead atoms. The van der Waals surface area contributed by atoms with Crippen LogP contribution in [0.25, 0.3) is 10.9 Å². The van der Waals surface area contributed by atoms with Crippen LogP contribution >= 0.6 is 11.6 Å². The van der Waals surface area contributed by atoms with Crippen LogP contribution in [0.3, 0.4) is 0 Å². The first kappa shape index (κ1) is 19.5. The van der Waals surface area contributed by atoms with E-state index >= 15 is 0 Å². The number of ether oxygens (including phenoxy) is 2. The SMILES string of the molecule is Nc1ccc(Oc2ccnc3cc(OCc4ccccc4)c(NC=O)cc23)cc1Cl. The van der Waals surface area contributed by atoms with Gasteiger partial charge in [0.25, 0.3) is 0 Å². The van der Waals surface area contributed by atoms with Crippen LogP contribution in [-0.2, 0) is 11.4 Å². The molecule has 0 aliphatic heterocycles. The van der Waals surface area contributed by atoms with Crippen molar-refractivity contribution in [3.05, 3.63) is 83.5 Å². The number of hydrogen-bond acceptors (Lipinski definition) is 5. The number of halogens is 1. The second-order valence-corrected chi connectivity index (χ2v) is 6.90. The number of anilines is 2. The number of carbonyl (C=O) groups is 1. The number of nitrogens with zero attached hydrogens (tertiary/aromatic N) is 1. The summed E-state index contributed by atoms with van der Waals surface area (Å²) in [6.07, 6.45) is 2.25. The molecule has 0 fully saturated rings. The van der Waals surface area contributed by atoms with Crippen LogP contribution in [0.2, 0.25) is 5.02 Å². The predicted octanol–water partition coefficient (Wildman–Crippen LogP) is 5.41. The fraction of sp³-hybridized carbons (Fsp3) is 0.0435. The molecule has 0 atom stereocenters. The maximum atomic E-state index is 11.1. The Hall–Kier alpha value is -3.77. The molecule has 3 N–H and O–H groups in total. The van der Waals surface area contributed by atoms with Gasteiger partial charge < -0.3 is 20.5 Å². The molecule has 0 saturated carbocycles. The van der Waals surface area contributed by atoms with E-state index in [4.69, 9.17) is 26.8 Å². The van der Waals surface area contributed by atoms with E-state index in [9.17, 15) is 4.79 Å². The molecule has 30 heavy (non-hydrogen) atoms. The number of hydrogen-bond donors (Lipinski definition) is 2. The standard InChI is InChI=1S/C23H18ClN3O3/c24-18-10-16(6-7-19(18)25)30-22-8-9-26-20-12-23(21(27-14-28)11-17(20)22)29-13-15-4-2-1-3-5-15/h1-12,14H,13,25H2,(H,27,28). The lowest BCUT2D eigenvalue weighted by Crippen LogP contribution is -2.02. The van der Waals surface area contributed by atoms with Gasteiger partial charge in [-0.1, -0.05) is 41.9 Å². The number of amides is 1. The van der Waals surface area contributed by atoms with Gasteiger partial charge in [0.1, 0.15) is 23.9 Å². The fourth-order valence-electron chi connectivity index (χ4n) is 2.97. The quantitative estimate of drug-likeness (QED) is 0.309. The lowest BCUT2D eigenvalue weighted by atomic mass is 10.1. The number of carbonyl (C=O) groups excluding carboxylic acids is 1. The highest BCUT2D eigenvalue weighted by Crippen LogP contribution is 2.37. The third-order valence-electron chi connectivity index (χ3n) is 4.45. The largest absolute Gasteiger partial charge is 0.487 e. The molecule has 0 aliphatic rings. The van der Waals surface area contributed by atoms with Gasteiger partial charge in [-0.05, 0) is 29.8 Å². The molecule has 4 rings (SSSR count). The fourth-order valence-corrected chi connectivity index (χ4v) is 3.14. The van der Waals surface area contributed by atoms with Gasteiger partial charge in [0.05, 0.1) is 21.9 Å². The molecule has 0 aliphatic carbocycles. The highest BCUT2D eigenvalue weighted by molar-refractivity contribution is 6.33. The number of rotatable bonds is 7. The lowest BCUT2D eigenvalue weighted by molar-refractivity contribution is -0.105. The summed E-state index contributed by atoms with van der Waals surface area (Å²) in [5, 5.41) is 3.80. The average molecular weight is 420 g/mol. The van der Waals surface area contributed by atoms with E-state index in [2.05, 4.69) is 10.3 Å². The van der Waals surface area contributed by atoms with Crippen LogP contribution < -0.4 is 20.5 Å². The molecule has 0 saturated heterocycles. The Bertz CT molecular complexity index is 1200. The summed E-state index contributed by atoms with van der Waals surface area (Å²) in [5.74, 6) is 1.61. The highest BCUT2D eigenvalue weighted by Gasteiger charge is 2.12. The molecule has 1 amide bonds. The molecule has 0 spiro atoms. The summed E-state index contributed by atoms with van der Waals surface area (Å²) in [4.78, 5) is 15.6. The molecule has 4 aromatic rings. The second-order valence-electron chi connectivity index (χ2n) is 6.50. The third kappa shape index (κ3) is 4.29. The van der Waals surface area contributed by atoms with Crippen LogP contribution in [0.4, 0.5) is 11.4 Å². The van der Waals surface area contributed by atoms with Gasteiger partial charge in [-0.15, -0.1) is 0 Å². The van der Waals surface area contributed by atoms with Gasteiger partial charge in [-0.25, -0.2) is 0 Å². The van der Waals surface area contributed by atoms with Gasteiger partial charge in [0, 0.05) is 23.7 Å². The van der Waals surface area contributed by atoms with Crippen molar-refractivity contribution in [2.24, 2.45) is 0 Å².